The van der Waals surface area contributed by atoms with E-state index in [1.54, 1.807) is 12.3 Å². The summed E-state index contributed by atoms with van der Waals surface area (Å²) in [7, 11) is 0. The Bertz CT molecular complexity index is 546. The van der Waals surface area contributed by atoms with Crippen LogP contribution in [0.3, 0.4) is 0 Å². The Kier molecular flexibility index (Phi) is 4.49. The summed E-state index contributed by atoms with van der Waals surface area (Å²) in [6.45, 7) is 1.31. The van der Waals surface area contributed by atoms with E-state index in [9.17, 15) is 0 Å². The van der Waals surface area contributed by atoms with Crippen LogP contribution in [0.5, 0.6) is 0 Å². The Labute approximate surface area is 112 Å². The third-order valence-electron chi connectivity index (χ3n) is 2.81. The van der Waals surface area contributed by atoms with Gasteiger partial charge >= 0.3 is 0 Å². The number of nitrogens with zero attached hydrogens (tertiary/aromatic N) is 3. The lowest BCUT2D eigenvalue weighted by atomic mass is 10.2. The van der Waals surface area contributed by atoms with Crippen molar-refractivity contribution in [3.63, 3.8) is 0 Å². The van der Waals surface area contributed by atoms with Crippen LogP contribution in [0.4, 0.5) is 5.69 Å². The van der Waals surface area contributed by atoms with Crippen molar-refractivity contribution in [2.45, 2.75) is 6.54 Å². The third kappa shape index (κ3) is 3.54. The van der Waals surface area contributed by atoms with Crippen LogP contribution in [-0.4, -0.2) is 23.2 Å². The predicted molar refractivity (Wildman–Crippen MR) is 73.5 cm³/mol. The molecule has 0 fully saturated rings. The molecule has 1 aromatic heterocycles. The van der Waals surface area contributed by atoms with E-state index in [4.69, 9.17) is 10.4 Å². The molecule has 0 aliphatic rings. The summed E-state index contributed by atoms with van der Waals surface area (Å²) in [5.41, 5.74) is 2.46. The van der Waals surface area contributed by atoms with Crippen molar-refractivity contribution in [1.82, 2.24) is 4.98 Å². The van der Waals surface area contributed by atoms with Gasteiger partial charge in [-0.15, -0.1) is 0 Å². The van der Waals surface area contributed by atoms with E-state index in [-0.39, 0.29) is 6.61 Å². The number of benzene rings is 1. The maximum atomic E-state index is 9.16. The summed E-state index contributed by atoms with van der Waals surface area (Å²) < 4.78 is 0. The minimum absolute atomic E-state index is 0.0762. The molecule has 1 aromatic carbocycles. The molecular formula is C15H15N3O. The standard InChI is InChI=1S/C15H15N3O/c16-10-14-6-7-15(11-17-14)18(8-9-19)12-13-4-2-1-3-5-13/h1-7,11,19H,8-9,12H2. The van der Waals surface area contributed by atoms with Gasteiger partial charge < -0.3 is 10.0 Å². The van der Waals surface area contributed by atoms with Crippen molar-refractivity contribution in [2.75, 3.05) is 18.1 Å². The molecule has 1 heterocycles. The van der Waals surface area contributed by atoms with E-state index in [2.05, 4.69) is 4.98 Å². The number of aliphatic hydroxyl groups is 1. The lowest BCUT2D eigenvalue weighted by Crippen LogP contribution is -2.26. The van der Waals surface area contributed by atoms with Crippen molar-refractivity contribution >= 4 is 5.69 Å². The van der Waals surface area contributed by atoms with E-state index in [1.807, 2.05) is 47.4 Å². The maximum absolute atomic E-state index is 9.16. The van der Waals surface area contributed by atoms with Gasteiger partial charge in [-0.2, -0.15) is 5.26 Å². The molecule has 1 N–H and O–H groups in total. The quantitative estimate of drug-likeness (QED) is 0.884. The molecule has 0 aliphatic carbocycles. The first kappa shape index (κ1) is 13.1. The van der Waals surface area contributed by atoms with Gasteiger partial charge in [0, 0.05) is 13.1 Å². The van der Waals surface area contributed by atoms with Crippen LogP contribution >= 0.6 is 0 Å². The SMILES string of the molecule is N#Cc1ccc(N(CCO)Cc2ccccc2)cn1. The number of anilines is 1. The van der Waals surface area contributed by atoms with Crippen LogP contribution in [0.25, 0.3) is 0 Å². The van der Waals surface area contributed by atoms with Gasteiger partial charge in [0.15, 0.2) is 0 Å². The van der Waals surface area contributed by atoms with Gasteiger partial charge in [-0.05, 0) is 17.7 Å². The molecule has 4 heteroatoms. The Hall–Kier alpha value is -2.38. The number of nitriles is 1. The summed E-state index contributed by atoms with van der Waals surface area (Å²) in [5, 5.41) is 17.9. The minimum Gasteiger partial charge on any atom is -0.395 e. The number of hydrogen-bond donors (Lipinski definition) is 1. The first-order chi connectivity index (χ1) is 9.33. The highest BCUT2D eigenvalue weighted by Crippen LogP contribution is 2.16. The summed E-state index contributed by atoms with van der Waals surface area (Å²) in [4.78, 5) is 6.09. The highest BCUT2D eigenvalue weighted by molar-refractivity contribution is 5.46. The van der Waals surface area contributed by atoms with Gasteiger partial charge in [0.05, 0.1) is 18.5 Å². The Balaban J connectivity index is 2.17. The number of pyridine rings is 1. The van der Waals surface area contributed by atoms with Crippen molar-refractivity contribution in [1.29, 1.82) is 5.26 Å². The molecule has 0 saturated heterocycles. The van der Waals surface area contributed by atoms with Crippen molar-refractivity contribution < 1.29 is 5.11 Å². The first-order valence-corrected chi connectivity index (χ1v) is 6.09. The van der Waals surface area contributed by atoms with Crippen molar-refractivity contribution in [3.05, 3.63) is 59.9 Å². The fourth-order valence-corrected chi connectivity index (χ4v) is 1.86. The summed E-state index contributed by atoms with van der Waals surface area (Å²) >= 11 is 0. The van der Waals surface area contributed by atoms with Crippen LogP contribution in [0.15, 0.2) is 48.7 Å². The summed E-state index contributed by atoms with van der Waals surface area (Å²) in [6, 6.07) is 15.6. The van der Waals surface area contributed by atoms with Crippen LogP contribution < -0.4 is 4.90 Å². The van der Waals surface area contributed by atoms with Crippen molar-refractivity contribution in [2.24, 2.45) is 0 Å². The number of aliphatic hydroxyl groups excluding tert-OH is 1. The molecule has 0 saturated carbocycles. The molecule has 19 heavy (non-hydrogen) atoms. The summed E-state index contributed by atoms with van der Waals surface area (Å²) in [6.07, 6.45) is 1.66. The average molecular weight is 253 g/mol. The zero-order valence-corrected chi connectivity index (χ0v) is 10.5. The lowest BCUT2D eigenvalue weighted by Gasteiger charge is -2.23. The second-order valence-corrected chi connectivity index (χ2v) is 4.14. The minimum atomic E-state index is 0.0762. The molecule has 0 spiro atoms. The molecule has 0 amide bonds. The molecule has 2 rings (SSSR count). The van der Waals surface area contributed by atoms with E-state index in [0.29, 0.717) is 18.8 Å². The summed E-state index contributed by atoms with van der Waals surface area (Å²) in [5.74, 6) is 0. The van der Waals surface area contributed by atoms with Crippen molar-refractivity contribution in [3.8, 4) is 6.07 Å². The smallest absolute Gasteiger partial charge is 0.140 e. The van der Waals surface area contributed by atoms with Crippen LogP contribution in [0.2, 0.25) is 0 Å². The number of rotatable bonds is 5. The van der Waals surface area contributed by atoms with Gasteiger partial charge in [-0.1, -0.05) is 30.3 Å². The van der Waals surface area contributed by atoms with Gasteiger partial charge in [-0.3, -0.25) is 0 Å². The zero-order valence-electron chi connectivity index (χ0n) is 10.5. The van der Waals surface area contributed by atoms with E-state index in [0.717, 1.165) is 5.69 Å². The van der Waals surface area contributed by atoms with Gasteiger partial charge in [0.2, 0.25) is 0 Å². The second-order valence-electron chi connectivity index (χ2n) is 4.14. The van der Waals surface area contributed by atoms with Crippen LogP contribution in [0, 0.1) is 11.3 Å². The highest BCUT2D eigenvalue weighted by Gasteiger charge is 2.07. The fourth-order valence-electron chi connectivity index (χ4n) is 1.86. The fraction of sp³-hybridized carbons (Fsp3) is 0.200. The molecule has 4 nitrogen and oxygen atoms in total. The monoisotopic (exact) mass is 253 g/mol. The lowest BCUT2D eigenvalue weighted by molar-refractivity contribution is 0.301. The maximum Gasteiger partial charge on any atom is 0.140 e. The average Bonchev–Trinajstić information content (AvgIpc) is 2.48. The zero-order chi connectivity index (χ0) is 13.5. The van der Waals surface area contributed by atoms with Crippen LogP contribution in [-0.2, 0) is 6.54 Å². The molecule has 96 valence electrons. The molecule has 0 aliphatic heterocycles. The highest BCUT2D eigenvalue weighted by atomic mass is 16.3. The topological polar surface area (TPSA) is 60.2 Å². The van der Waals surface area contributed by atoms with E-state index < -0.39 is 0 Å². The number of aromatic nitrogens is 1. The van der Waals surface area contributed by atoms with E-state index in [1.165, 1.54) is 5.56 Å². The largest absolute Gasteiger partial charge is 0.395 e. The molecular weight excluding hydrogens is 238 g/mol. The number of hydrogen-bond acceptors (Lipinski definition) is 4. The normalized spacial score (nSPS) is 9.89. The van der Waals surface area contributed by atoms with Gasteiger partial charge in [0.1, 0.15) is 11.8 Å². The van der Waals surface area contributed by atoms with E-state index >= 15 is 0 Å². The predicted octanol–water partition coefficient (Wildman–Crippen LogP) is 1.95. The molecule has 0 unspecified atom stereocenters. The Morgan fingerprint density at radius 1 is 1.16 bits per heavy atom. The Morgan fingerprint density at radius 3 is 2.53 bits per heavy atom. The molecule has 0 bridgehead atoms. The Morgan fingerprint density at radius 2 is 1.95 bits per heavy atom. The van der Waals surface area contributed by atoms with Gasteiger partial charge in [0.25, 0.3) is 0 Å². The first-order valence-electron chi connectivity index (χ1n) is 6.09. The second kappa shape index (κ2) is 6.53. The van der Waals surface area contributed by atoms with Gasteiger partial charge in [-0.25, -0.2) is 4.98 Å². The van der Waals surface area contributed by atoms with Crippen LogP contribution in [0.1, 0.15) is 11.3 Å². The molecule has 2 aromatic rings. The molecule has 0 atom stereocenters. The third-order valence-corrected chi connectivity index (χ3v) is 2.81. The molecule has 0 radical (unpaired) electrons.